The van der Waals surface area contributed by atoms with E-state index in [1.54, 1.807) is 0 Å². The molecule has 0 atom stereocenters. The summed E-state index contributed by atoms with van der Waals surface area (Å²) in [6.07, 6.45) is 2.07. The van der Waals surface area contributed by atoms with Crippen LogP contribution in [0.3, 0.4) is 0 Å². The molecule has 0 spiro atoms. The molecule has 0 saturated carbocycles. The number of unbranched alkanes of at least 4 members (excludes halogenated alkanes) is 1. The fourth-order valence-electron chi connectivity index (χ4n) is 0.976. The lowest BCUT2D eigenvalue weighted by molar-refractivity contribution is -0.145. The van der Waals surface area contributed by atoms with E-state index in [0.717, 1.165) is 12.8 Å². The Morgan fingerprint density at radius 1 is 0.826 bits per heavy atom. The van der Waals surface area contributed by atoms with Crippen molar-refractivity contribution in [2.45, 2.75) is 74.3 Å². The molecule has 6 heteroatoms. The highest BCUT2D eigenvalue weighted by molar-refractivity contribution is 5.66. The van der Waals surface area contributed by atoms with Crippen LogP contribution in [0.4, 0.5) is 0 Å². The van der Waals surface area contributed by atoms with E-state index >= 15 is 0 Å². The monoisotopic (exact) mass is 334 g/mol. The molecule has 6 nitrogen and oxygen atoms in total. The van der Waals surface area contributed by atoms with Gasteiger partial charge in [-0.15, -0.1) is 0 Å². The number of ether oxygens (including phenoxy) is 3. The molecule has 0 unspecified atom stereocenters. The maximum absolute atomic E-state index is 10.1. The summed E-state index contributed by atoms with van der Waals surface area (Å²) in [5, 5.41) is 0. The van der Waals surface area contributed by atoms with Gasteiger partial charge in [0.2, 0.25) is 0 Å². The van der Waals surface area contributed by atoms with Crippen LogP contribution in [-0.2, 0) is 28.6 Å². The van der Waals surface area contributed by atoms with Gasteiger partial charge >= 0.3 is 17.9 Å². The minimum atomic E-state index is -0.213. The lowest BCUT2D eigenvalue weighted by atomic mass is 10.2. The van der Waals surface area contributed by atoms with Gasteiger partial charge in [-0.3, -0.25) is 14.4 Å². The van der Waals surface area contributed by atoms with Crippen molar-refractivity contribution < 1.29 is 28.6 Å². The van der Waals surface area contributed by atoms with Gasteiger partial charge in [-0.1, -0.05) is 27.2 Å². The summed E-state index contributed by atoms with van der Waals surface area (Å²) in [4.78, 5) is 30.3. The third-order valence-corrected chi connectivity index (χ3v) is 1.82. The minimum Gasteiger partial charge on any atom is -0.466 e. The Labute approximate surface area is 140 Å². The fourth-order valence-corrected chi connectivity index (χ4v) is 0.976. The van der Waals surface area contributed by atoms with Gasteiger partial charge in [-0.25, -0.2) is 0 Å². The zero-order valence-corrected chi connectivity index (χ0v) is 15.9. The summed E-state index contributed by atoms with van der Waals surface area (Å²) in [6.45, 7) is 15.1. The summed E-state index contributed by atoms with van der Waals surface area (Å²) >= 11 is 0. The molecule has 0 aromatic carbocycles. The summed E-state index contributed by atoms with van der Waals surface area (Å²) in [5.41, 5.74) is 0. The first-order chi connectivity index (χ1) is 10.5. The maximum Gasteiger partial charge on any atom is 0.302 e. The normalized spacial score (nSPS) is 9.13. The van der Waals surface area contributed by atoms with Crippen molar-refractivity contribution in [3.63, 3.8) is 0 Å². The molecule has 0 saturated heterocycles. The molecular weight excluding hydrogens is 300 g/mol. The topological polar surface area (TPSA) is 78.9 Å². The van der Waals surface area contributed by atoms with E-state index in [1.165, 1.54) is 20.8 Å². The molecule has 0 aliphatic heterocycles. The Balaban J connectivity index is -0.000000262. The summed E-state index contributed by atoms with van der Waals surface area (Å²) in [6, 6.07) is 0. The van der Waals surface area contributed by atoms with Gasteiger partial charge in [-0.2, -0.15) is 0 Å². The number of hydrogen-bond donors (Lipinski definition) is 0. The quantitative estimate of drug-likeness (QED) is 0.420. The number of rotatable bonds is 6. The van der Waals surface area contributed by atoms with Crippen molar-refractivity contribution >= 4 is 17.9 Å². The van der Waals surface area contributed by atoms with Crippen molar-refractivity contribution in [3.8, 4) is 0 Å². The first kappa shape index (κ1) is 26.3. The zero-order chi connectivity index (χ0) is 18.8. The van der Waals surface area contributed by atoms with Crippen LogP contribution >= 0.6 is 0 Å². The van der Waals surface area contributed by atoms with Gasteiger partial charge in [0.25, 0.3) is 0 Å². The third kappa shape index (κ3) is 44.9. The number of carbonyl (C=O) groups excluding carboxylic acids is 3. The van der Waals surface area contributed by atoms with E-state index in [1.807, 2.05) is 27.7 Å². The van der Waals surface area contributed by atoms with Crippen LogP contribution in [0.1, 0.15) is 68.2 Å². The number of hydrogen-bond acceptors (Lipinski definition) is 6. The SMILES string of the molecule is CC(=O)OC(C)C.CC(=O)OCC(C)C.CCCCOC(C)=O. The number of carbonyl (C=O) groups is 3. The predicted octanol–water partition coefficient (Wildman–Crippen LogP) is 3.51. The summed E-state index contributed by atoms with van der Waals surface area (Å²) in [7, 11) is 0. The van der Waals surface area contributed by atoms with Crippen LogP contribution in [-0.4, -0.2) is 37.2 Å². The molecule has 0 aromatic heterocycles. The van der Waals surface area contributed by atoms with Crippen molar-refractivity contribution in [2.75, 3.05) is 13.2 Å². The number of esters is 3. The van der Waals surface area contributed by atoms with Crippen LogP contribution in [0, 0.1) is 5.92 Å². The molecule has 0 fully saturated rings. The molecular formula is C17H34O6. The summed E-state index contributed by atoms with van der Waals surface area (Å²) < 4.78 is 13.9. The molecule has 0 aromatic rings. The molecule has 0 rings (SSSR count). The second-order valence-corrected chi connectivity index (χ2v) is 5.55. The highest BCUT2D eigenvalue weighted by atomic mass is 16.5. The first-order valence-electron chi connectivity index (χ1n) is 7.96. The molecule has 0 heterocycles. The molecule has 0 bridgehead atoms. The van der Waals surface area contributed by atoms with E-state index in [4.69, 9.17) is 0 Å². The van der Waals surface area contributed by atoms with Crippen LogP contribution in [0.15, 0.2) is 0 Å². The van der Waals surface area contributed by atoms with Crippen molar-refractivity contribution in [1.82, 2.24) is 0 Å². The Hall–Kier alpha value is -1.59. The van der Waals surface area contributed by atoms with Crippen LogP contribution in [0.5, 0.6) is 0 Å². The van der Waals surface area contributed by atoms with Crippen molar-refractivity contribution in [1.29, 1.82) is 0 Å². The van der Waals surface area contributed by atoms with Crippen LogP contribution in [0.2, 0.25) is 0 Å². The fraction of sp³-hybridized carbons (Fsp3) is 0.824. The van der Waals surface area contributed by atoms with E-state index in [9.17, 15) is 14.4 Å². The van der Waals surface area contributed by atoms with Gasteiger partial charge in [-0.05, 0) is 26.2 Å². The van der Waals surface area contributed by atoms with E-state index in [-0.39, 0.29) is 24.0 Å². The maximum atomic E-state index is 10.1. The highest BCUT2D eigenvalue weighted by Crippen LogP contribution is 1.91. The van der Waals surface area contributed by atoms with E-state index in [0.29, 0.717) is 19.1 Å². The highest BCUT2D eigenvalue weighted by Gasteiger charge is 1.95. The van der Waals surface area contributed by atoms with Crippen molar-refractivity contribution in [3.05, 3.63) is 0 Å². The van der Waals surface area contributed by atoms with Gasteiger partial charge in [0, 0.05) is 20.8 Å². The van der Waals surface area contributed by atoms with E-state index < -0.39 is 0 Å². The molecule has 138 valence electrons. The van der Waals surface area contributed by atoms with Gasteiger partial charge < -0.3 is 14.2 Å². The molecule has 0 aliphatic rings. The standard InChI is InChI=1S/2C6H12O2.C5H10O2/c1-5(2)4-8-6(3)7;1-3-4-5-8-6(2)7;1-4(2)7-5(3)6/h5H,4H2,1-3H3;3-5H2,1-2H3;4H,1-3H3. The first-order valence-corrected chi connectivity index (χ1v) is 7.96. The molecule has 0 amide bonds. The van der Waals surface area contributed by atoms with Crippen LogP contribution in [0.25, 0.3) is 0 Å². The zero-order valence-electron chi connectivity index (χ0n) is 15.9. The molecule has 23 heavy (non-hydrogen) atoms. The molecule has 0 N–H and O–H groups in total. The van der Waals surface area contributed by atoms with Crippen molar-refractivity contribution in [2.24, 2.45) is 5.92 Å². The second kappa shape index (κ2) is 18.5. The van der Waals surface area contributed by atoms with Gasteiger partial charge in [0.1, 0.15) is 0 Å². The molecule has 0 aliphatic carbocycles. The Morgan fingerprint density at radius 3 is 1.48 bits per heavy atom. The average Bonchev–Trinajstić information content (AvgIpc) is 2.36. The lowest BCUT2D eigenvalue weighted by Gasteiger charge is -2.02. The lowest BCUT2D eigenvalue weighted by Crippen LogP contribution is -2.06. The Kier molecular flexibility index (Phi) is 21.1. The van der Waals surface area contributed by atoms with Crippen LogP contribution < -0.4 is 0 Å². The average molecular weight is 334 g/mol. The predicted molar refractivity (Wildman–Crippen MR) is 89.9 cm³/mol. The van der Waals surface area contributed by atoms with E-state index in [2.05, 4.69) is 21.1 Å². The summed E-state index contributed by atoms with van der Waals surface area (Å²) in [5.74, 6) is -0.147. The van der Waals surface area contributed by atoms with Gasteiger partial charge in [0.05, 0.1) is 19.3 Å². The molecule has 0 radical (unpaired) electrons. The second-order valence-electron chi connectivity index (χ2n) is 5.55. The third-order valence-electron chi connectivity index (χ3n) is 1.82. The largest absolute Gasteiger partial charge is 0.466 e. The minimum absolute atomic E-state index is 0.0255. The smallest absolute Gasteiger partial charge is 0.302 e. The van der Waals surface area contributed by atoms with Gasteiger partial charge in [0.15, 0.2) is 0 Å². The Morgan fingerprint density at radius 2 is 1.30 bits per heavy atom. The Bertz CT molecular complexity index is 310.